The maximum absolute atomic E-state index is 12.9. The second-order valence-electron chi connectivity index (χ2n) is 8.01. The van der Waals surface area contributed by atoms with E-state index < -0.39 is 11.2 Å². The van der Waals surface area contributed by atoms with Crippen LogP contribution in [0.5, 0.6) is 11.5 Å². The van der Waals surface area contributed by atoms with E-state index in [1.807, 2.05) is 25.1 Å². The number of rotatable bonds is 7. The van der Waals surface area contributed by atoms with E-state index in [-0.39, 0.29) is 23.0 Å². The van der Waals surface area contributed by atoms with Crippen molar-refractivity contribution in [3.8, 4) is 11.5 Å². The van der Waals surface area contributed by atoms with Crippen molar-refractivity contribution in [2.45, 2.75) is 57.0 Å². The van der Waals surface area contributed by atoms with Gasteiger partial charge in [0.25, 0.3) is 0 Å². The Morgan fingerprint density at radius 3 is 2.54 bits per heavy atom. The van der Waals surface area contributed by atoms with Gasteiger partial charge in [-0.3, -0.25) is 0 Å². The van der Waals surface area contributed by atoms with Crippen LogP contribution in [0.25, 0.3) is 0 Å². The van der Waals surface area contributed by atoms with Crippen molar-refractivity contribution in [3.05, 3.63) is 70.0 Å². The molecule has 1 aliphatic heterocycles. The van der Waals surface area contributed by atoms with E-state index >= 15 is 0 Å². The SMILES string of the molecule is CCC(Cc1ccc(O)cc1)c1cc(O)c(C2(CC3CC3)CC=CO2)c(=O)o1. The van der Waals surface area contributed by atoms with Crippen molar-refractivity contribution in [3.63, 3.8) is 0 Å². The predicted octanol–water partition coefficient (Wildman–Crippen LogP) is 4.72. The summed E-state index contributed by atoms with van der Waals surface area (Å²) in [5.74, 6) is 1.15. The number of phenolic OH excluding ortho intramolecular Hbond substituents is 1. The fourth-order valence-electron chi connectivity index (χ4n) is 4.13. The number of phenols is 1. The molecule has 0 saturated heterocycles. The number of benzene rings is 1. The second-order valence-corrected chi connectivity index (χ2v) is 8.01. The summed E-state index contributed by atoms with van der Waals surface area (Å²) in [7, 11) is 0. The highest BCUT2D eigenvalue weighted by molar-refractivity contribution is 5.38. The Balaban J connectivity index is 1.64. The third-order valence-electron chi connectivity index (χ3n) is 5.87. The molecule has 0 amide bonds. The van der Waals surface area contributed by atoms with Crippen LogP contribution in [0, 0.1) is 5.92 Å². The fraction of sp³-hybridized carbons (Fsp3) is 0.435. The van der Waals surface area contributed by atoms with Crippen molar-refractivity contribution in [1.29, 1.82) is 0 Å². The highest BCUT2D eigenvalue weighted by Gasteiger charge is 2.45. The number of hydrogen-bond acceptors (Lipinski definition) is 5. The lowest BCUT2D eigenvalue weighted by molar-refractivity contribution is 0.0210. The number of hydrogen-bond donors (Lipinski definition) is 2. The van der Waals surface area contributed by atoms with Gasteiger partial charge in [-0.25, -0.2) is 4.79 Å². The molecule has 2 aromatic rings. The Labute approximate surface area is 164 Å². The summed E-state index contributed by atoms with van der Waals surface area (Å²) < 4.78 is 11.6. The van der Waals surface area contributed by atoms with E-state index in [4.69, 9.17) is 9.15 Å². The third kappa shape index (κ3) is 3.66. The van der Waals surface area contributed by atoms with Gasteiger partial charge in [-0.2, -0.15) is 0 Å². The zero-order valence-corrected chi connectivity index (χ0v) is 16.1. The van der Waals surface area contributed by atoms with E-state index in [2.05, 4.69) is 0 Å². The summed E-state index contributed by atoms with van der Waals surface area (Å²) in [5, 5.41) is 20.2. The summed E-state index contributed by atoms with van der Waals surface area (Å²) in [6, 6.07) is 8.58. The maximum Gasteiger partial charge on any atom is 0.347 e. The molecule has 4 rings (SSSR count). The van der Waals surface area contributed by atoms with Crippen molar-refractivity contribution in [1.82, 2.24) is 0 Å². The molecule has 1 aromatic heterocycles. The molecule has 2 aliphatic rings. The molecule has 1 saturated carbocycles. The first-order chi connectivity index (χ1) is 13.5. The van der Waals surface area contributed by atoms with Crippen LogP contribution in [-0.2, 0) is 16.8 Å². The van der Waals surface area contributed by atoms with Gasteiger partial charge in [0.1, 0.15) is 28.4 Å². The predicted molar refractivity (Wildman–Crippen MR) is 105 cm³/mol. The molecule has 1 aromatic carbocycles. The minimum absolute atomic E-state index is 0.0419. The minimum atomic E-state index is -0.803. The molecule has 148 valence electrons. The van der Waals surface area contributed by atoms with E-state index in [0.717, 1.165) is 31.2 Å². The number of ether oxygens (including phenoxy) is 1. The van der Waals surface area contributed by atoms with Gasteiger partial charge in [-0.1, -0.05) is 31.9 Å². The Morgan fingerprint density at radius 2 is 1.96 bits per heavy atom. The highest BCUT2D eigenvalue weighted by atomic mass is 16.5. The number of aromatic hydroxyl groups is 2. The molecule has 2 N–H and O–H groups in total. The largest absolute Gasteiger partial charge is 0.508 e. The van der Waals surface area contributed by atoms with Gasteiger partial charge in [0.2, 0.25) is 0 Å². The van der Waals surface area contributed by atoms with E-state index in [9.17, 15) is 15.0 Å². The molecule has 5 nitrogen and oxygen atoms in total. The van der Waals surface area contributed by atoms with E-state index in [0.29, 0.717) is 24.5 Å². The molecule has 5 heteroatoms. The summed E-state index contributed by atoms with van der Waals surface area (Å²) in [5.41, 5.74) is -0.0382. The fourth-order valence-corrected chi connectivity index (χ4v) is 4.13. The molecule has 28 heavy (non-hydrogen) atoms. The molecule has 0 bridgehead atoms. The first-order valence-electron chi connectivity index (χ1n) is 9.99. The Morgan fingerprint density at radius 1 is 1.21 bits per heavy atom. The van der Waals surface area contributed by atoms with Crippen molar-refractivity contribution >= 4 is 0 Å². The van der Waals surface area contributed by atoms with Crippen molar-refractivity contribution in [2.24, 2.45) is 5.92 Å². The minimum Gasteiger partial charge on any atom is -0.508 e. The van der Waals surface area contributed by atoms with E-state index in [1.54, 1.807) is 24.5 Å². The lowest BCUT2D eigenvalue weighted by Gasteiger charge is -2.29. The molecular weight excluding hydrogens is 356 g/mol. The summed E-state index contributed by atoms with van der Waals surface area (Å²) >= 11 is 0. The average Bonchev–Trinajstić information content (AvgIpc) is 3.35. The summed E-state index contributed by atoms with van der Waals surface area (Å²) in [6.45, 7) is 2.02. The van der Waals surface area contributed by atoms with Gasteiger partial charge in [0.15, 0.2) is 0 Å². The van der Waals surface area contributed by atoms with Crippen LogP contribution >= 0.6 is 0 Å². The van der Waals surface area contributed by atoms with Crippen LogP contribution < -0.4 is 5.63 Å². The topological polar surface area (TPSA) is 79.9 Å². The van der Waals surface area contributed by atoms with Crippen LogP contribution in [0.2, 0.25) is 0 Å². The molecule has 1 fully saturated rings. The van der Waals surface area contributed by atoms with Gasteiger partial charge in [0, 0.05) is 18.4 Å². The van der Waals surface area contributed by atoms with Crippen molar-refractivity contribution < 1.29 is 19.4 Å². The molecule has 0 radical (unpaired) electrons. The van der Waals surface area contributed by atoms with Gasteiger partial charge in [-0.05, 0) is 49.0 Å². The molecular formula is C23H26O5. The normalized spacial score (nSPS) is 22.2. The Bertz CT molecular complexity index is 913. The first-order valence-corrected chi connectivity index (χ1v) is 9.99. The Kier molecular flexibility index (Phi) is 4.92. The lowest BCUT2D eigenvalue weighted by Crippen LogP contribution is -2.32. The monoisotopic (exact) mass is 382 g/mol. The lowest BCUT2D eigenvalue weighted by atomic mass is 9.85. The van der Waals surface area contributed by atoms with Gasteiger partial charge >= 0.3 is 5.63 Å². The van der Waals surface area contributed by atoms with Gasteiger partial charge < -0.3 is 19.4 Å². The average molecular weight is 382 g/mol. The molecule has 2 atom stereocenters. The summed E-state index contributed by atoms with van der Waals surface area (Å²) in [6.07, 6.45) is 8.51. The molecule has 0 spiro atoms. The van der Waals surface area contributed by atoms with Gasteiger partial charge in [0.05, 0.1) is 6.26 Å². The quantitative estimate of drug-likeness (QED) is 0.724. The summed E-state index contributed by atoms with van der Waals surface area (Å²) in [4.78, 5) is 12.9. The highest BCUT2D eigenvalue weighted by Crippen LogP contribution is 2.48. The van der Waals surface area contributed by atoms with Crippen LogP contribution in [0.15, 0.2) is 51.9 Å². The smallest absolute Gasteiger partial charge is 0.347 e. The van der Waals surface area contributed by atoms with Gasteiger partial charge in [-0.15, -0.1) is 0 Å². The Hall–Kier alpha value is -2.69. The van der Waals surface area contributed by atoms with E-state index in [1.165, 1.54) is 0 Å². The van der Waals surface area contributed by atoms with Crippen LogP contribution in [0.1, 0.15) is 61.8 Å². The van der Waals surface area contributed by atoms with Crippen LogP contribution in [-0.4, -0.2) is 10.2 Å². The second kappa shape index (κ2) is 7.38. The maximum atomic E-state index is 12.9. The van der Waals surface area contributed by atoms with Crippen LogP contribution in [0.3, 0.4) is 0 Å². The molecule has 1 aliphatic carbocycles. The third-order valence-corrected chi connectivity index (χ3v) is 5.87. The zero-order chi connectivity index (χ0) is 19.7. The van der Waals surface area contributed by atoms with Crippen molar-refractivity contribution in [2.75, 3.05) is 0 Å². The molecule has 2 unspecified atom stereocenters. The molecule has 2 heterocycles. The zero-order valence-electron chi connectivity index (χ0n) is 16.1. The first kappa shape index (κ1) is 18.7. The standard InChI is InChI=1S/C23H26O5/c1-2-17(12-15-6-8-18(24)9-7-15)20-13-19(25)21(22(26)28-20)23(10-3-11-27-23)14-16-4-5-16/h3,6-9,11,13,16-17,24-25H,2,4-5,10,12,14H2,1H3. The van der Waals surface area contributed by atoms with Crippen LogP contribution in [0.4, 0.5) is 0 Å².